The quantitative estimate of drug-likeness (QED) is 0.277. The van der Waals surface area contributed by atoms with E-state index in [1.165, 1.54) is 23.4 Å². The summed E-state index contributed by atoms with van der Waals surface area (Å²) >= 11 is 1.66. The van der Waals surface area contributed by atoms with Crippen molar-refractivity contribution < 1.29 is 4.79 Å². The highest BCUT2D eigenvalue weighted by Gasteiger charge is 2.11. The summed E-state index contributed by atoms with van der Waals surface area (Å²) in [6.07, 6.45) is 5.71. The zero-order chi connectivity index (χ0) is 21.9. The van der Waals surface area contributed by atoms with Crippen LogP contribution in [0.25, 0.3) is 31.6 Å². The van der Waals surface area contributed by atoms with Crippen molar-refractivity contribution in [1.82, 2.24) is 15.0 Å². The van der Waals surface area contributed by atoms with Gasteiger partial charge >= 0.3 is 0 Å². The number of thiophene rings is 1. The smallest absolute Gasteiger partial charge is 0.221 e. The highest BCUT2D eigenvalue weighted by molar-refractivity contribution is 7.22. The largest absolute Gasteiger partial charge is 0.369 e. The lowest BCUT2D eigenvalue weighted by Crippen LogP contribution is -2.05. The summed E-state index contributed by atoms with van der Waals surface area (Å²) in [5.74, 6) is 0.784. The van der Waals surface area contributed by atoms with E-state index in [2.05, 4.69) is 62.1 Å². The van der Waals surface area contributed by atoms with Gasteiger partial charge in [-0.3, -0.25) is 4.79 Å². The van der Waals surface area contributed by atoms with Crippen LogP contribution in [0.1, 0.15) is 18.9 Å². The summed E-state index contributed by atoms with van der Waals surface area (Å²) in [5, 5.41) is 7.63. The van der Waals surface area contributed by atoms with Gasteiger partial charge in [-0.2, -0.15) is 0 Å². The van der Waals surface area contributed by atoms with Crippen molar-refractivity contribution >= 4 is 49.9 Å². The molecular formula is C25H23N5OS. The third-order valence-electron chi connectivity index (χ3n) is 5.37. The first kappa shape index (κ1) is 20.2. The molecule has 5 rings (SSSR count). The molecule has 0 aliphatic heterocycles. The van der Waals surface area contributed by atoms with Gasteiger partial charge in [-0.05, 0) is 48.2 Å². The molecule has 0 aliphatic carbocycles. The number of carbonyl (C=O) groups excluding carboxylic acids is 1. The second-order valence-electron chi connectivity index (χ2n) is 7.70. The molecule has 3 aromatic heterocycles. The van der Waals surface area contributed by atoms with Gasteiger partial charge in [-0.1, -0.05) is 30.3 Å². The van der Waals surface area contributed by atoms with Crippen molar-refractivity contribution in [3.05, 3.63) is 72.7 Å². The minimum Gasteiger partial charge on any atom is -0.369 e. The molecule has 2 aromatic carbocycles. The molecule has 3 heterocycles. The van der Waals surface area contributed by atoms with E-state index < -0.39 is 0 Å². The maximum absolute atomic E-state index is 11.4. The Morgan fingerprint density at radius 1 is 1.09 bits per heavy atom. The van der Waals surface area contributed by atoms with Crippen LogP contribution in [0.5, 0.6) is 0 Å². The van der Waals surface area contributed by atoms with Crippen molar-refractivity contribution in [2.45, 2.75) is 19.8 Å². The van der Waals surface area contributed by atoms with Gasteiger partial charge in [0.15, 0.2) is 0 Å². The van der Waals surface area contributed by atoms with Crippen LogP contribution in [0.2, 0.25) is 0 Å². The maximum Gasteiger partial charge on any atom is 0.221 e. The van der Waals surface area contributed by atoms with E-state index in [0.29, 0.717) is 0 Å². The topological polar surface area (TPSA) is 82.7 Å². The van der Waals surface area contributed by atoms with E-state index in [4.69, 9.17) is 0 Å². The van der Waals surface area contributed by atoms with Crippen LogP contribution in [0.15, 0.2) is 67.1 Å². The van der Waals surface area contributed by atoms with E-state index >= 15 is 0 Å². The van der Waals surface area contributed by atoms with Crippen LogP contribution in [0, 0.1) is 0 Å². The summed E-state index contributed by atoms with van der Waals surface area (Å²) in [6, 6.07) is 18.3. The number of hydrogen-bond donors (Lipinski definition) is 3. The predicted molar refractivity (Wildman–Crippen MR) is 132 cm³/mol. The summed E-state index contributed by atoms with van der Waals surface area (Å²) in [5.41, 5.74) is 5.28. The van der Waals surface area contributed by atoms with E-state index in [-0.39, 0.29) is 5.91 Å². The molecule has 5 aromatic rings. The first-order valence-corrected chi connectivity index (χ1v) is 11.4. The number of rotatable bonds is 7. The molecule has 0 unspecified atom stereocenters. The number of nitrogens with one attached hydrogen (secondary N) is 3. The molecule has 0 saturated heterocycles. The maximum atomic E-state index is 11.4. The Morgan fingerprint density at radius 3 is 2.91 bits per heavy atom. The molecule has 0 saturated carbocycles. The lowest BCUT2D eigenvalue weighted by molar-refractivity contribution is -0.114. The van der Waals surface area contributed by atoms with Crippen LogP contribution < -0.4 is 10.6 Å². The Kier molecular flexibility index (Phi) is 5.56. The number of H-pyrrole nitrogens is 1. The third-order valence-corrected chi connectivity index (χ3v) is 6.55. The zero-order valence-electron chi connectivity index (χ0n) is 17.7. The predicted octanol–water partition coefficient (Wildman–Crippen LogP) is 5.84. The second kappa shape index (κ2) is 8.80. The number of benzene rings is 2. The van der Waals surface area contributed by atoms with Crippen LogP contribution >= 0.6 is 11.3 Å². The number of aryl methyl sites for hydroxylation is 1. The van der Waals surface area contributed by atoms with Crippen molar-refractivity contribution in [2.24, 2.45) is 0 Å². The SMILES string of the molecule is CC(=O)Nc1cccc(-c2cc3ncnc(NCCCc4c[nH]c5ccccc45)c3s2)c1. The fourth-order valence-corrected chi connectivity index (χ4v) is 4.97. The van der Waals surface area contributed by atoms with Gasteiger partial charge in [0.25, 0.3) is 0 Å². The number of nitrogens with zero attached hydrogens (tertiary/aromatic N) is 2. The molecular weight excluding hydrogens is 418 g/mol. The van der Waals surface area contributed by atoms with Gasteiger partial charge in [0, 0.05) is 41.1 Å². The standard InChI is InChI=1S/C25H23N5OS/c1-16(31)30-19-8-4-6-17(12-19)23-13-22-24(32-23)25(29-15-28-22)26-11-5-7-18-14-27-21-10-3-2-9-20(18)21/h2-4,6,8-10,12-15,27H,5,7,11H2,1H3,(H,30,31)(H,26,28,29). The Hall–Kier alpha value is -3.71. The molecule has 7 heteroatoms. The number of hydrogen-bond acceptors (Lipinski definition) is 5. The van der Waals surface area contributed by atoms with Crippen LogP contribution in [0.4, 0.5) is 11.5 Å². The molecule has 0 fully saturated rings. The third kappa shape index (κ3) is 4.20. The average molecular weight is 442 g/mol. The zero-order valence-corrected chi connectivity index (χ0v) is 18.5. The molecule has 0 spiro atoms. The lowest BCUT2D eigenvalue weighted by Gasteiger charge is -2.06. The Morgan fingerprint density at radius 2 is 2.00 bits per heavy atom. The normalized spacial score (nSPS) is 11.2. The molecule has 0 radical (unpaired) electrons. The number of para-hydroxylation sites is 1. The van der Waals surface area contributed by atoms with E-state index in [9.17, 15) is 4.79 Å². The molecule has 6 nitrogen and oxygen atoms in total. The molecule has 0 aliphatic rings. The van der Waals surface area contributed by atoms with Crippen molar-refractivity contribution in [2.75, 3.05) is 17.2 Å². The first-order chi connectivity index (χ1) is 15.7. The number of anilines is 2. The van der Waals surface area contributed by atoms with Gasteiger partial charge in [0.2, 0.25) is 5.91 Å². The van der Waals surface area contributed by atoms with Gasteiger partial charge < -0.3 is 15.6 Å². The highest BCUT2D eigenvalue weighted by atomic mass is 32.1. The lowest BCUT2D eigenvalue weighted by atomic mass is 10.1. The molecule has 1 amide bonds. The second-order valence-corrected chi connectivity index (χ2v) is 8.75. The summed E-state index contributed by atoms with van der Waals surface area (Å²) in [4.78, 5) is 24.7. The monoisotopic (exact) mass is 441 g/mol. The first-order valence-electron chi connectivity index (χ1n) is 10.6. The van der Waals surface area contributed by atoms with Crippen molar-refractivity contribution in [3.63, 3.8) is 0 Å². The van der Waals surface area contributed by atoms with Crippen molar-refractivity contribution in [3.8, 4) is 10.4 Å². The molecule has 0 bridgehead atoms. The number of aromatic amines is 1. The fourth-order valence-electron chi connectivity index (χ4n) is 3.90. The van der Waals surface area contributed by atoms with E-state index in [1.807, 2.05) is 24.3 Å². The number of carbonyl (C=O) groups is 1. The Bertz CT molecular complexity index is 1400. The van der Waals surface area contributed by atoms with Gasteiger partial charge in [-0.25, -0.2) is 9.97 Å². The summed E-state index contributed by atoms with van der Waals surface area (Å²) < 4.78 is 1.04. The van der Waals surface area contributed by atoms with Crippen LogP contribution in [0.3, 0.4) is 0 Å². The van der Waals surface area contributed by atoms with Gasteiger partial charge in [-0.15, -0.1) is 11.3 Å². The summed E-state index contributed by atoms with van der Waals surface area (Å²) in [6.45, 7) is 2.34. The Labute approximate surface area is 189 Å². The highest BCUT2D eigenvalue weighted by Crippen LogP contribution is 2.36. The molecule has 3 N–H and O–H groups in total. The minimum atomic E-state index is -0.0801. The van der Waals surface area contributed by atoms with Gasteiger partial charge in [0.05, 0.1) is 10.2 Å². The van der Waals surface area contributed by atoms with Crippen LogP contribution in [-0.4, -0.2) is 27.4 Å². The van der Waals surface area contributed by atoms with Gasteiger partial charge in [0.1, 0.15) is 12.1 Å². The minimum absolute atomic E-state index is 0.0801. The molecule has 0 atom stereocenters. The fraction of sp³-hybridized carbons (Fsp3) is 0.160. The Balaban J connectivity index is 1.30. The average Bonchev–Trinajstić information content (AvgIpc) is 3.41. The number of amides is 1. The molecule has 32 heavy (non-hydrogen) atoms. The van der Waals surface area contributed by atoms with E-state index in [0.717, 1.165) is 51.5 Å². The number of aromatic nitrogens is 3. The van der Waals surface area contributed by atoms with E-state index in [1.54, 1.807) is 17.7 Å². The van der Waals surface area contributed by atoms with Crippen LogP contribution in [-0.2, 0) is 11.2 Å². The number of fused-ring (bicyclic) bond motifs is 2. The van der Waals surface area contributed by atoms with Crippen molar-refractivity contribution in [1.29, 1.82) is 0 Å². The molecule has 160 valence electrons. The summed E-state index contributed by atoms with van der Waals surface area (Å²) in [7, 11) is 0.